The lowest BCUT2D eigenvalue weighted by Gasteiger charge is -2.33. The molecule has 1 aliphatic rings. The van der Waals surface area contributed by atoms with Crippen molar-refractivity contribution in [1.82, 2.24) is 9.21 Å². The monoisotopic (exact) mass is 328 g/mol. The van der Waals surface area contributed by atoms with Gasteiger partial charge in [0.25, 0.3) is 0 Å². The molecule has 1 heterocycles. The number of hydrogen-bond donors (Lipinski definition) is 1. The minimum Gasteiger partial charge on any atom is -0.478 e. The van der Waals surface area contributed by atoms with Crippen molar-refractivity contribution in [3.8, 4) is 0 Å². The Morgan fingerprint density at radius 2 is 1.77 bits per heavy atom. The molecule has 0 amide bonds. The van der Waals surface area contributed by atoms with Crippen LogP contribution in [0.25, 0.3) is 0 Å². The van der Waals surface area contributed by atoms with Gasteiger partial charge >= 0.3 is 5.97 Å². The number of nitrogens with zero attached hydrogens (tertiary/aromatic N) is 2. The van der Waals surface area contributed by atoms with Crippen LogP contribution >= 0.6 is 0 Å². The molecule has 0 aromatic heterocycles. The highest BCUT2D eigenvalue weighted by atomic mass is 32.2. The molecular weight excluding hydrogens is 308 g/mol. The number of aromatic carboxylic acids is 1. The molecule has 22 heavy (non-hydrogen) atoms. The van der Waals surface area contributed by atoms with E-state index in [0.29, 0.717) is 32.8 Å². The summed E-state index contributed by atoms with van der Waals surface area (Å²) in [4.78, 5) is 13.1. The third-order valence-corrected chi connectivity index (χ3v) is 5.59. The van der Waals surface area contributed by atoms with Gasteiger partial charge in [-0.15, -0.1) is 0 Å². The highest BCUT2D eigenvalue weighted by molar-refractivity contribution is 7.89. The van der Waals surface area contributed by atoms with Gasteiger partial charge in [-0.05, 0) is 24.3 Å². The Morgan fingerprint density at radius 3 is 2.27 bits per heavy atom. The lowest BCUT2D eigenvalue weighted by molar-refractivity contribution is 0.0696. The number of piperazine rings is 1. The highest BCUT2D eigenvalue weighted by Crippen LogP contribution is 2.18. The molecule has 8 heteroatoms. The predicted octanol–water partition coefficient (Wildman–Crippen LogP) is 0.338. The molecule has 1 saturated heterocycles. The number of rotatable bonds is 6. The van der Waals surface area contributed by atoms with Gasteiger partial charge in [0.1, 0.15) is 0 Å². The van der Waals surface area contributed by atoms with Gasteiger partial charge in [0.15, 0.2) is 0 Å². The molecule has 1 fully saturated rings. The van der Waals surface area contributed by atoms with Crippen molar-refractivity contribution in [3.63, 3.8) is 0 Å². The van der Waals surface area contributed by atoms with Crippen LogP contribution in [-0.2, 0) is 14.8 Å². The van der Waals surface area contributed by atoms with Crippen LogP contribution in [-0.4, -0.2) is 75.1 Å². The Kier molecular flexibility index (Phi) is 5.52. The van der Waals surface area contributed by atoms with Crippen LogP contribution in [0.15, 0.2) is 29.2 Å². The second-order valence-corrected chi connectivity index (χ2v) is 7.01. The summed E-state index contributed by atoms with van der Waals surface area (Å²) in [7, 11) is -1.93. The van der Waals surface area contributed by atoms with Crippen LogP contribution in [0.3, 0.4) is 0 Å². The number of hydrogen-bond acceptors (Lipinski definition) is 5. The number of carboxylic acid groups (broad SMARTS) is 1. The number of benzene rings is 1. The average molecular weight is 328 g/mol. The summed E-state index contributed by atoms with van der Waals surface area (Å²) in [5, 5.41) is 8.85. The summed E-state index contributed by atoms with van der Waals surface area (Å²) < 4.78 is 31.5. The Balaban J connectivity index is 2.03. The molecule has 1 aliphatic heterocycles. The molecule has 2 rings (SSSR count). The van der Waals surface area contributed by atoms with Crippen LogP contribution in [0.2, 0.25) is 0 Å². The van der Waals surface area contributed by atoms with Crippen LogP contribution in [0.5, 0.6) is 0 Å². The van der Waals surface area contributed by atoms with E-state index in [1.54, 1.807) is 7.11 Å². The molecular formula is C14H20N2O5S. The van der Waals surface area contributed by atoms with Gasteiger partial charge in [0.2, 0.25) is 10.0 Å². The van der Waals surface area contributed by atoms with Crippen molar-refractivity contribution < 1.29 is 23.1 Å². The summed E-state index contributed by atoms with van der Waals surface area (Å²) in [5.74, 6) is -1.07. The second kappa shape index (κ2) is 7.19. The van der Waals surface area contributed by atoms with E-state index in [2.05, 4.69) is 4.90 Å². The van der Waals surface area contributed by atoms with Crippen LogP contribution < -0.4 is 0 Å². The Labute approximate surface area is 130 Å². The van der Waals surface area contributed by atoms with Crippen molar-refractivity contribution in [2.45, 2.75) is 4.90 Å². The Hall–Kier alpha value is -1.48. The zero-order chi connectivity index (χ0) is 16.2. The van der Waals surface area contributed by atoms with Crippen molar-refractivity contribution in [2.75, 3.05) is 46.4 Å². The van der Waals surface area contributed by atoms with Crippen molar-refractivity contribution in [2.24, 2.45) is 0 Å². The molecule has 0 spiro atoms. The van der Waals surface area contributed by atoms with Crippen LogP contribution in [0.4, 0.5) is 0 Å². The Morgan fingerprint density at radius 1 is 1.18 bits per heavy atom. The molecule has 0 unspecified atom stereocenters. The fourth-order valence-electron chi connectivity index (χ4n) is 2.33. The number of carboxylic acids is 1. The fraction of sp³-hybridized carbons (Fsp3) is 0.500. The van der Waals surface area contributed by atoms with Crippen LogP contribution in [0, 0.1) is 0 Å². The normalized spacial score (nSPS) is 17.5. The molecule has 1 N–H and O–H groups in total. The lowest BCUT2D eigenvalue weighted by Crippen LogP contribution is -2.49. The smallest absolute Gasteiger partial charge is 0.335 e. The van der Waals surface area contributed by atoms with Crippen molar-refractivity contribution in [1.29, 1.82) is 0 Å². The highest BCUT2D eigenvalue weighted by Gasteiger charge is 2.28. The van der Waals surface area contributed by atoms with Gasteiger partial charge in [0, 0.05) is 39.8 Å². The molecule has 0 saturated carbocycles. The van der Waals surface area contributed by atoms with E-state index in [1.165, 1.54) is 28.6 Å². The van der Waals surface area contributed by atoms with E-state index in [4.69, 9.17) is 9.84 Å². The van der Waals surface area contributed by atoms with Gasteiger partial charge < -0.3 is 9.84 Å². The average Bonchev–Trinajstić information content (AvgIpc) is 2.53. The predicted molar refractivity (Wildman–Crippen MR) is 80.5 cm³/mol. The van der Waals surface area contributed by atoms with E-state index in [0.717, 1.165) is 6.54 Å². The molecule has 7 nitrogen and oxygen atoms in total. The maximum absolute atomic E-state index is 12.5. The molecule has 0 atom stereocenters. The first-order valence-electron chi connectivity index (χ1n) is 7.00. The summed E-state index contributed by atoms with van der Waals surface area (Å²) in [5.41, 5.74) is 0.0725. The van der Waals surface area contributed by atoms with E-state index in [1.807, 2.05) is 0 Å². The first-order chi connectivity index (χ1) is 10.4. The molecule has 1 aromatic carbocycles. The second-order valence-electron chi connectivity index (χ2n) is 5.07. The minimum atomic E-state index is -3.57. The maximum atomic E-state index is 12.5. The van der Waals surface area contributed by atoms with Gasteiger partial charge in [-0.1, -0.05) is 0 Å². The van der Waals surface area contributed by atoms with E-state index >= 15 is 0 Å². The zero-order valence-electron chi connectivity index (χ0n) is 12.4. The van der Waals surface area contributed by atoms with Gasteiger partial charge in [-0.3, -0.25) is 4.90 Å². The first-order valence-corrected chi connectivity index (χ1v) is 8.44. The Bertz CT molecular complexity index is 607. The van der Waals surface area contributed by atoms with E-state index < -0.39 is 16.0 Å². The standard InChI is InChI=1S/C14H20N2O5S/c1-21-11-10-15-6-8-16(9-7-15)22(19,20)13-4-2-12(3-5-13)14(17)18/h2-5H,6-11H2,1H3,(H,17,18). The lowest BCUT2D eigenvalue weighted by atomic mass is 10.2. The summed E-state index contributed by atoms with van der Waals surface area (Å²) in [6, 6.07) is 5.31. The summed E-state index contributed by atoms with van der Waals surface area (Å²) in [6.07, 6.45) is 0. The number of methoxy groups -OCH3 is 1. The molecule has 0 radical (unpaired) electrons. The number of sulfonamides is 1. The van der Waals surface area contributed by atoms with Gasteiger partial charge in [-0.2, -0.15) is 4.31 Å². The molecule has 0 aliphatic carbocycles. The third-order valence-electron chi connectivity index (χ3n) is 3.68. The van der Waals surface area contributed by atoms with E-state index in [9.17, 15) is 13.2 Å². The molecule has 1 aromatic rings. The van der Waals surface area contributed by atoms with Crippen molar-refractivity contribution in [3.05, 3.63) is 29.8 Å². The minimum absolute atomic E-state index is 0.0725. The third kappa shape index (κ3) is 3.83. The van der Waals surface area contributed by atoms with Crippen LogP contribution in [0.1, 0.15) is 10.4 Å². The van der Waals surface area contributed by atoms with Crippen molar-refractivity contribution >= 4 is 16.0 Å². The SMILES string of the molecule is COCCN1CCN(S(=O)(=O)c2ccc(C(=O)O)cc2)CC1. The number of ether oxygens (including phenoxy) is 1. The topological polar surface area (TPSA) is 87.2 Å². The first kappa shape index (κ1) is 16.9. The quantitative estimate of drug-likeness (QED) is 0.810. The maximum Gasteiger partial charge on any atom is 0.335 e. The van der Waals surface area contributed by atoms with Gasteiger partial charge in [0.05, 0.1) is 17.1 Å². The fourth-order valence-corrected chi connectivity index (χ4v) is 3.75. The summed E-state index contributed by atoms with van der Waals surface area (Å²) in [6.45, 7) is 3.59. The molecule has 0 bridgehead atoms. The van der Waals surface area contributed by atoms with Gasteiger partial charge in [-0.25, -0.2) is 13.2 Å². The largest absolute Gasteiger partial charge is 0.478 e. The zero-order valence-corrected chi connectivity index (χ0v) is 13.3. The summed E-state index contributed by atoms with van der Waals surface area (Å²) >= 11 is 0. The number of carbonyl (C=O) groups is 1. The van der Waals surface area contributed by atoms with E-state index in [-0.39, 0.29) is 10.5 Å². The molecule has 122 valence electrons.